The van der Waals surface area contributed by atoms with Gasteiger partial charge in [0.1, 0.15) is 11.5 Å². The number of halogens is 3. The van der Waals surface area contributed by atoms with Crippen LogP contribution in [0.5, 0.6) is 11.5 Å². The molecule has 0 spiro atoms. The molecule has 2 atom stereocenters. The van der Waals surface area contributed by atoms with Crippen LogP contribution < -0.4 is 15.0 Å². The van der Waals surface area contributed by atoms with Crippen LogP contribution in [0.4, 0.5) is 13.2 Å². The summed E-state index contributed by atoms with van der Waals surface area (Å²) in [6, 6.07) is 34.2. The van der Waals surface area contributed by atoms with E-state index in [0.717, 1.165) is 45.0 Å². The lowest BCUT2D eigenvalue weighted by Crippen LogP contribution is -2.42. The fourth-order valence-corrected chi connectivity index (χ4v) is 6.76. The van der Waals surface area contributed by atoms with Crippen LogP contribution in [-0.2, 0) is 31.0 Å². The number of aryl methyl sites for hydroxylation is 2. The van der Waals surface area contributed by atoms with Gasteiger partial charge in [-0.05, 0) is 94.8 Å². The van der Waals surface area contributed by atoms with Crippen molar-refractivity contribution in [1.82, 2.24) is 0 Å². The fourth-order valence-electron chi connectivity index (χ4n) is 6.56. The Morgan fingerprint density at radius 3 is 2.23 bits per heavy atom. The van der Waals surface area contributed by atoms with E-state index >= 15 is 0 Å². The Morgan fingerprint density at radius 2 is 1.47 bits per heavy atom. The molecule has 4 nitrogen and oxygen atoms in total. The first-order chi connectivity index (χ1) is 22.7. The van der Waals surface area contributed by atoms with Crippen molar-refractivity contribution in [2.24, 2.45) is 5.73 Å². The third-order valence-electron chi connectivity index (χ3n) is 8.97. The first-order valence-corrected chi connectivity index (χ1v) is 16.2. The Bertz CT molecular complexity index is 1860. The summed E-state index contributed by atoms with van der Waals surface area (Å²) in [5.41, 5.74) is 13.5. The minimum atomic E-state index is -4.60. The number of hydrogen-bond acceptors (Lipinski definition) is 4. The van der Waals surface area contributed by atoms with Gasteiger partial charge >= 0.3 is 6.18 Å². The van der Waals surface area contributed by atoms with Crippen molar-refractivity contribution in [3.63, 3.8) is 0 Å². The molecule has 0 aliphatic heterocycles. The number of ether oxygens (including phenoxy) is 1. The van der Waals surface area contributed by atoms with Crippen molar-refractivity contribution >= 4 is 9.47 Å². The van der Waals surface area contributed by atoms with Gasteiger partial charge in [0.15, 0.2) is 0 Å². The quantitative estimate of drug-likeness (QED) is 0.102. The van der Waals surface area contributed by atoms with E-state index in [-0.39, 0.29) is 25.2 Å². The summed E-state index contributed by atoms with van der Waals surface area (Å²) in [5.74, 6) is 0.322. The normalized spacial score (nSPS) is 13.5. The Kier molecular flexibility index (Phi) is 9.70. The molecule has 5 aromatic carbocycles. The van der Waals surface area contributed by atoms with E-state index in [9.17, 15) is 18.3 Å². The lowest BCUT2D eigenvalue weighted by molar-refractivity contribution is -0.139. The minimum absolute atomic E-state index is 0.147. The number of alkyl halides is 3. The minimum Gasteiger partial charge on any atom is -0.493 e. The van der Waals surface area contributed by atoms with Crippen LogP contribution in [0.2, 0.25) is 0 Å². The highest BCUT2D eigenvalue weighted by molar-refractivity contribution is 7.10. The van der Waals surface area contributed by atoms with Crippen molar-refractivity contribution in [2.45, 2.75) is 43.8 Å². The number of aliphatic hydroxyl groups is 1. The predicted octanol–water partition coefficient (Wildman–Crippen LogP) is 8.90. The van der Waals surface area contributed by atoms with Gasteiger partial charge in [-0.15, -0.1) is 0 Å². The van der Waals surface area contributed by atoms with Gasteiger partial charge in [-0.3, -0.25) is 0 Å². The van der Waals surface area contributed by atoms with E-state index in [0.29, 0.717) is 36.1 Å². The maximum absolute atomic E-state index is 14.2. The van der Waals surface area contributed by atoms with Gasteiger partial charge in [-0.2, -0.15) is 13.2 Å². The molecular formula is C39H37F3NO3P. The molecule has 1 aliphatic carbocycles. The average Bonchev–Trinajstić information content (AvgIpc) is 3.47. The van der Waals surface area contributed by atoms with Crippen LogP contribution in [0.1, 0.15) is 46.2 Å². The average molecular weight is 656 g/mol. The van der Waals surface area contributed by atoms with E-state index < -0.39 is 23.9 Å². The number of fused-ring (bicyclic) bond motifs is 3. The lowest BCUT2D eigenvalue weighted by atomic mass is 9.81. The van der Waals surface area contributed by atoms with Gasteiger partial charge in [0.2, 0.25) is 0 Å². The molecule has 2 unspecified atom stereocenters. The van der Waals surface area contributed by atoms with Crippen LogP contribution in [0.15, 0.2) is 109 Å². The molecule has 47 heavy (non-hydrogen) atoms. The third kappa shape index (κ3) is 7.08. The standard InChI is InChI=1S/C39H37F3NO3P/c40-39(41,42)34-23-27(15-17-35(34)45-21-7-9-26-8-6-13-29(22-26)28-10-2-1-3-11-28)19-20-38(43,25-44)37-33-24-30-12-4-5-14-31(30)32(33)16-18-36(37)46-47/h1-6,8,10-18,22-23,44H,7,9,19-21,24-25,43,47H2. The first kappa shape index (κ1) is 32.8. The van der Waals surface area contributed by atoms with E-state index in [1.54, 1.807) is 6.07 Å². The largest absolute Gasteiger partial charge is 0.493 e. The Balaban J connectivity index is 1.15. The zero-order chi connectivity index (χ0) is 33.0. The Hall–Kier alpha value is -4.16. The number of benzene rings is 5. The zero-order valence-electron chi connectivity index (χ0n) is 25.9. The molecule has 0 saturated carbocycles. The number of hydrogen-bond donors (Lipinski definition) is 2. The molecule has 3 N–H and O–H groups in total. The molecule has 0 fully saturated rings. The predicted molar refractivity (Wildman–Crippen MR) is 183 cm³/mol. The molecule has 0 bridgehead atoms. The first-order valence-electron chi connectivity index (χ1n) is 15.7. The van der Waals surface area contributed by atoms with E-state index in [4.69, 9.17) is 15.0 Å². The summed E-state index contributed by atoms with van der Waals surface area (Å²) in [6.07, 6.45) is -2.31. The summed E-state index contributed by atoms with van der Waals surface area (Å²) in [7, 11) is 2.24. The molecule has 0 amide bonds. The fraction of sp³-hybridized carbons (Fsp3) is 0.231. The van der Waals surface area contributed by atoms with Crippen molar-refractivity contribution in [2.75, 3.05) is 13.2 Å². The van der Waals surface area contributed by atoms with Crippen LogP contribution in [0.3, 0.4) is 0 Å². The Labute approximate surface area is 275 Å². The monoisotopic (exact) mass is 655 g/mol. The maximum Gasteiger partial charge on any atom is 0.419 e. The highest BCUT2D eigenvalue weighted by Crippen LogP contribution is 2.46. The SMILES string of the molecule is NC(CO)(CCc1ccc(OCCCc2cccc(-c3ccccc3)c2)c(C(F)(F)F)c1)c1c(OP)ccc2c1Cc1ccccc1-2. The summed E-state index contributed by atoms with van der Waals surface area (Å²) < 4.78 is 54.0. The van der Waals surface area contributed by atoms with Crippen molar-refractivity contribution < 1.29 is 27.5 Å². The molecular weight excluding hydrogens is 618 g/mol. The van der Waals surface area contributed by atoms with Crippen molar-refractivity contribution in [3.8, 4) is 33.8 Å². The number of rotatable bonds is 12. The van der Waals surface area contributed by atoms with Gasteiger partial charge in [-0.1, -0.05) is 91.0 Å². The van der Waals surface area contributed by atoms with E-state index in [1.165, 1.54) is 6.07 Å². The van der Waals surface area contributed by atoms with Gasteiger partial charge in [0.05, 0.1) is 33.8 Å². The highest BCUT2D eigenvalue weighted by atomic mass is 31.0. The molecule has 242 valence electrons. The zero-order valence-corrected chi connectivity index (χ0v) is 27.0. The molecule has 5 aromatic rings. The van der Waals surface area contributed by atoms with Crippen LogP contribution in [0, 0.1) is 0 Å². The van der Waals surface area contributed by atoms with Crippen LogP contribution in [0.25, 0.3) is 22.3 Å². The highest BCUT2D eigenvalue weighted by Gasteiger charge is 2.37. The molecule has 0 aromatic heterocycles. The number of nitrogens with two attached hydrogens (primary N) is 1. The van der Waals surface area contributed by atoms with Crippen LogP contribution in [-0.4, -0.2) is 18.3 Å². The van der Waals surface area contributed by atoms with Gasteiger partial charge < -0.3 is 20.1 Å². The van der Waals surface area contributed by atoms with Crippen molar-refractivity contribution in [1.29, 1.82) is 0 Å². The van der Waals surface area contributed by atoms with Gasteiger partial charge in [0, 0.05) is 5.56 Å². The second-order valence-corrected chi connectivity index (χ2v) is 12.3. The van der Waals surface area contributed by atoms with Gasteiger partial charge in [0.25, 0.3) is 0 Å². The van der Waals surface area contributed by atoms with E-state index in [2.05, 4.69) is 27.7 Å². The Morgan fingerprint density at radius 1 is 0.745 bits per heavy atom. The number of aliphatic hydroxyl groups excluding tert-OH is 1. The van der Waals surface area contributed by atoms with E-state index in [1.807, 2.05) is 72.8 Å². The molecule has 6 rings (SSSR count). The van der Waals surface area contributed by atoms with Crippen molar-refractivity contribution in [3.05, 3.63) is 143 Å². The summed E-state index contributed by atoms with van der Waals surface area (Å²) >= 11 is 0. The van der Waals surface area contributed by atoms with Crippen LogP contribution >= 0.6 is 9.47 Å². The maximum atomic E-state index is 14.2. The lowest BCUT2D eigenvalue weighted by Gasteiger charge is -2.32. The topological polar surface area (TPSA) is 64.7 Å². The van der Waals surface area contributed by atoms with Gasteiger partial charge in [-0.25, -0.2) is 0 Å². The third-order valence-corrected chi connectivity index (χ3v) is 9.22. The molecule has 0 heterocycles. The summed E-state index contributed by atoms with van der Waals surface area (Å²) in [4.78, 5) is 0. The summed E-state index contributed by atoms with van der Waals surface area (Å²) in [5, 5.41) is 10.6. The summed E-state index contributed by atoms with van der Waals surface area (Å²) in [6.45, 7) is -0.254. The molecule has 0 radical (unpaired) electrons. The molecule has 8 heteroatoms. The smallest absolute Gasteiger partial charge is 0.419 e. The molecule has 0 saturated heterocycles. The second-order valence-electron chi connectivity index (χ2n) is 12.1. The molecule has 1 aliphatic rings. The second kappa shape index (κ2) is 13.9.